The monoisotopic (exact) mass is 236 g/mol. The third kappa shape index (κ3) is 1.06. The molecule has 2 bridgehead atoms. The molecule has 3 saturated carbocycles. The predicted molar refractivity (Wildman–Crippen MR) is 61.8 cm³/mol. The van der Waals surface area contributed by atoms with Gasteiger partial charge in [0, 0.05) is 10.4 Å². The Morgan fingerprint density at radius 3 is 2.56 bits per heavy atom. The number of aryl methyl sites for hydroxylation is 1. The fourth-order valence-electron chi connectivity index (χ4n) is 3.35. The number of carbonyl (C=O) groups is 1. The Morgan fingerprint density at radius 2 is 2.00 bits per heavy atom. The Bertz CT molecular complexity index is 473. The first-order valence-corrected chi connectivity index (χ1v) is 5.85. The molecule has 3 fully saturated rings. The van der Waals surface area contributed by atoms with Crippen LogP contribution in [0.25, 0.3) is 0 Å². The lowest BCUT2D eigenvalue weighted by atomic mass is 9.33. The number of benzene rings is 1. The molecule has 0 radical (unpaired) electrons. The lowest BCUT2D eigenvalue weighted by Gasteiger charge is -2.68. The largest absolute Gasteiger partial charge is 0.481 e. The second kappa shape index (κ2) is 2.80. The molecule has 3 heteroatoms. The van der Waals surface area contributed by atoms with Crippen molar-refractivity contribution in [3.63, 3.8) is 0 Å². The Morgan fingerprint density at radius 1 is 1.38 bits per heavy atom. The highest BCUT2D eigenvalue weighted by molar-refractivity contribution is 6.31. The van der Waals surface area contributed by atoms with Gasteiger partial charge in [-0.3, -0.25) is 4.79 Å². The van der Waals surface area contributed by atoms with Crippen molar-refractivity contribution in [3.8, 4) is 0 Å². The van der Waals surface area contributed by atoms with Gasteiger partial charge in [-0.1, -0.05) is 29.3 Å². The second-order valence-corrected chi connectivity index (χ2v) is 5.79. The van der Waals surface area contributed by atoms with E-state index >= 15 is 0 Å². The summed E-state index contributed by atoms with van der Waals surface area (Å²) in [4.78, 5) is 11.0. The number of carboxylic acids is 1. The van der Waals surface area contributed by atoms with E-state index in [4.69, 9.17) is 16.7 Å². The lowest BCUT2D eigenvalue weighted by molar-refractivity contribution is -0.194. The third-order valence-corrected chi connectivity index (χ3v) is 4.51. The van der Waals surface area contributed by atoms with Crippen molar-refractivity contribution in [1.82, 2.24) is 0 Å². The molecule has 0 heterocycles. The van der Waals surface area contributed by atoms with Gasteiger partial charge in [0.2, 0.25) is 0 Å². The molecule has 2 nitrogen and oxygen atoms in total. The summed E-state index contributed by atoms with van der Waals surface area (Å²) in [5, 5.41) is 9.86. The van der Waals surface area contributed by atoms with Crippen LogP contribution < -0.4 is 0 Å². The Labute approximate surface area is 99.2 Å². The van der Waals surface area contributed by atoms with E-state index in [9.17, 15) is 4.79 Å². The van der Waals surface area contributed by atoms with Crippen molar-refractivity contribution >= 4 is 17.6 Å². The van der Waals surface area contributed by atoms with Crippen molar-refractivity contribution in [2.75, 3.05) is 0 Å². The molecule has 0 spiro atoms. The lowest BCUT2D eigenvalue weighted by Crippen LogP contribution is -2.68. The van der Waals surface area contributed by atoms with Gasteiger partial charge >= 0.3 is 5.97 Å². The summed E-state index contributed by atoms with van der Waals surface area (Å²) in [6.07, 6.45) is 2.29. The summed E-state index contributed by atoms with van der Waals surface area (Å²) in [5.74, 6) is -0.641. The minimum Gasteiger partial charge on any atom is -0.481 e. The van der Waals surface area contributed by atoms with Crippen molar-refractivity contribution in [2.45, 2.75) is 31.6 Å². The van der Waals surface area contributed by atoms with Crippen LogP contribution in [-0.2, 0) is 10.2 Å². The standard InChI is InChI=1S/C13H13ClO2/c1-8-2-3-10(14)9(4-8)12-5-13(6-12,7-12)11(15)16/h2-4H,5-7H2,1H3,(H,15,16). The highest BCUT2D eigenvalue weighted by Crippen LogP contribution is 2.74. The van der Waals surface area contributed by atoms with Gasteiger partial charge in [0.1, 0.15) is 0 Å². The SMILES string of the molecule is Cc1ccc(Cl)c(C23CC(C(=O)O)(C2)C3)c1. The quantitative estimate of drug-likeness (QED) is 0.857. The van der Waals surface area contributed by atoms with Gasteiger partial charge in [-0.2, -0.15) is 0 Å². The Balaban J connectivity index is 1.93. The van der Waals surface area contributed by atoms with Crippen LogP contribution in [0.3, 0.4) is 0 Å². The van der Waals surface area contributed by atoms with Crippen molar-refractivity contribution in [3.05, 3.63) is 34.3 Å². The molecule has 0 unspecified atom stereocenters. The van der Waals surface area contributed by atoms with Gasteiger partial charge in [-0.05, 0) is 37.8 Å². The molecule has 3 aliphatic rings. The van der Waals surface area contributed by atoms with E-state index in [0.717, 1.165) is 29.8 Å². The molecule has 0 atom stereocenters. The van der Waals surface area contributed by atoms with E-state index in [2.05, 4.69) is 6.07 Å². The molecular formula is C13H13ClO2. The van der Waals surface area contributed by atoms with Gasteiger partial charge in [-0.25, -0.2) is 0 Å². The molecule has 84 valence electrons. The van der Waals surface area contributed by atoms with Crippen LogP contribution in [-0.4, -0.2) is 11.1 Å². The Hall–Kier alpha value is -1.02. The van der Waals surface area contributed by atoms with Crippen LogP contribution in [0.1, 0.15) is 30.4 Å². The van der Waals surface area contributed by atoms with Crippen LogP contribution >= 0.6 is 11.6 Å². The van der Waals surface area contributed by atoms with Gasteiger partial charge in [0.05, 0.1) is 5.41 Å². The van der Waals surface area contributed by atoms with Gasteiger partial charge < -0.3 is 5.11 Å². The van der Waals surface area contributed by atoms with E-state index in [1.54, 1.807) is 0 Å². The summed E-state index contributed by atoms with van der Waals surface area (Å²) in [6.45, 7) is 2.04. The molecule has 16 heavy (non-hydrogen) atoms. The maximum absolute atomic E-state index is 11.0. The number of hydrogen-bond donors (Lipinski definition) is 1. The van der Waals surface area contributed by atoms with Gasteiger partial charge in [0.15, 0.2) is 0 Å². The van der Waals surface area contributed by atoms with Crippen molar-refractivity contribution in [2.24, 2.45) is 5.41 Å². The highest BCUT2D eigenvalue weighted by Gasteiger charge is 2.72. The average Bonchev–Trinajstić information content (AvgIpc) is 2.05. The van der Waals surface area contributed by atoms with Crippen LogP contribution in [0, 0.1) is 12.3 Å². The van der Waals surface area contributed by atoms with E-state index in [0.29, 0.717) is 0 Å². The smallest absolute Gasteiger partial charge is 0.309 e. The molecule has 1 N–H and O–H groups in total. The Kier molecular flexibility index (Phi) is 1.78. The van der Waals surface area contributed by atoms with E-state index in [1.807, 2.05) is 19.1 Å². The zero-order chi connectivity index (χ0) is 11.6. The summed E-state index contributed by atoms with van der Waals surface area (Å²) in [5.41, 5.74) is 1.99. The van der Waals surface area contributed by atoms with E-state index in [-0.39, 0.29) is 5.41 Å². The molecule has 0 aromatic heterocycles. The number of rotatable bonds is 2. The maximum atomic E-state index is 11.0. The number of aliphatic carboxylic acids is 1. The number of hydrogen-bond acceptors (Lipinski definition) is 1. The minimum absolute atomic E-state index is 0.0709. The van der Waals surface area contributed by atoms with Crippen LogP contribution in [0.5, 0.6) is 0 Å². The van der Waals surface area contributed by atoms with E-state index in [1.165, 1.54) is 5.56 Å². The van der Waals surface area contributed by atoms with Crippen molar-refractivity contribution < 1.29 is 9.90 Å². The first kappa shape index (κ1) is 10.2. The summed E-state index contributed by atoms with van der Waals surface area (Å²) in [6, 6.07) is 6.01. The zero-order valence-electron chi connectivity index (χ0n) is 9.09. The topological polar surface area (TPSA) is 37.3 Å². The normalized spacial score (nSPS) is 35.1. The zero-order valence-corrected chi connectivity index (χ0v) is 9.84. The first-order chi connectivity index (χ1) is 7.47. The summed E-state index contributed by atoms with van der Waals surface area (Å²) in [7, 11) is 0. The van der Waals surface area contributed by atoms with Crippen LogP contribution in [0.4, 0.5) is 0 Å². The molecule has 1 aromatic rings. The van der Waals surface area contributed by atoms with E-state index < -0.39 is 11.4 Å². The first-order valence-electron chi connectivity index (χ1n) is 5.48. The fraction of sp³-hybridized carbons (Fsp3) is 0.462. The fourth-order valence-corrected chi connectivity index (χ4v) is 3.66. The second-order valence-electron chi connectivity index (χ2n) is 5.38. The minimum atomic E-state index is -0.641. The predicted octanol–water partition coefficient (Wildman–Crippen LogP) is 3.15. The number of carboxylic acid groups (broad SMARTS) is 1. The summed E-state index contributed by atoms with van der Waals surface area (Å²) < 4.78 is 0. The van der Waals surface area contributed by atoms with Gasteiger partial charge in [0.25, 0.3) is 0 Å². The molecular weight excluding hydrogens is 224 g/mol. The maximum Gasteiger partial charge on any atom is 0.309 e. The van der Waals surface area contributed by atoms with Gasteiger partial charge in [-0.15, -0.1) is 0 Å². The van der Waals surface area contributed by atoms with Crippen LogP contribution in [0.2, 0.25) is 5.02 Å². The van der Waals surface area contributed by atoms with Crippen LogP contribution in [0.15, 0.2) is 18.2 Å². The molecule has 3 aliphatic carbocycles. The third-order valence-electron chi connectivity index (χ3n) is 4.18. The molecule has 4 rings (SSSR count). The number of halogens is 1. The molecule has 0 saturated heterocycles. The summed E-state index contributed by atoms with van der Waals surface area (Å²) >= 11 is 6.20. The average molecular weight is 237 g/mol. The molecule has 1 aromatic carbocycles. The highest BCUT2D eigenvalue weighted by atomic mass is 35.5. The molecule has 0 amide bonds. The van der Waals surface area contributed by atoms with Crippen molar-refractivity contribution in [1.29, 1.82) is 0 Å². The molecule has 0 aliphatic heterocycles.